The highest BCUT2D eigenvalue weighted by molar-refractivity contribution is 9.10. The monoisotopic (exact) mass is 310 g/mol. The molecule has 1 aliphatic rings. The fourth-order valence-electron chi connectivity index (χ4n) is 3.12. The molecule has 18 heavy (non-hydrogen) atoms. The zero-order chi connectivity index (χ0) is 13.0. The summed E-state index contributed by atoms with van der Waals surface area (Å²) in [6, 6.07) is 9.71. The molecule has 1 saturated carbocycles. The maximum Gasteiger partial charge on any atom is 0.0473 e. The average molecular weight is 311 g/mol. The first-order chi connectivity index (χ1) is 8.76. The Morgan fingerprint density at radius 2 is 1.89 bits per heavy atom. The molecular weight excluding hydrogens is 288 g/mol. The lowest BCUT2D eigenvalue weighted by molar-refractivity contribution is 0.147. The Morgan fingerprint density at radius 3 is 2.39 bits per heavy atom. The molecular formula is C15H23BrN2. The predicted octanol–water partition coefficient (Wildman–Crippen LogP) is 3.71. The van der Waals surface area contributed by atoms with Crippen LogP contribution in [0.2, 0.25) is 0 Å². The van der Waals surface area contributed by atoms with Crippen molar-refractivity contribution in [3.63, 3.8) is 0 Å². The molecule has 1 atom stereocenters. The van der Waals surface area contributed by atoms with Crippen molar-refractivity contribution in [2.45, 2.75) is 44.7 Å². The van der Waals surface area contributed by atoms with Crippen LogP contribution >= 0.6 is 15.9 Å². The molecule has 2 N–H and O–H groups in total. The summed E-state index contributed by atoms with van der Waals surface area (Å²) in [7, 11) is 0. The summed E-state index contributed by atoms with van der Waals surface area (Å²) in [6.45, 7) is 4.04. The van der Waals surface area contributed by atoms with E-state index < -0.39 is 0 Å². The predicted molar refractivity (Wildman–Crippen MR) is 80.6 cm³/mol. The normalized spacial score (nSPS) is 18.4. The number of likely N-dealkylation sites (N-methyl/N-ethyl adjacent to an activating group) is 1. The van der Waals surface area contributed by atoms with Gasteiger partial charge in [0.25, 0.3) is 0 Å². The summed E-state index contributed by atoms with van der Waals surface area (Å²) in [4.78, 5) is 2.59. The summed E-state index contributed by atoms with van der Waals surface area (Å²) in [6.07, 6.45) is 5.42. The van der Waals surface area contributed by atoms with Crippen molar-refractivity contribution in [3.05, 3.63) is 34.3 Å². The second-order valence-corrected chi connectivity index (χ2v) is 5.99. The van der Waals surface area contributed by atoms with Crippen molar-refractivity contribution in [1.82, 2.24) is 4.90 Å². The average Bonchev–Trinajstić information content (AvgIpc) is 2.91. The molecule has 1 aromatic carbocycles. The standard InChI is InChI=1S/C15H23BrN2/c1-2-18(14-5-3-4-6-14)15(11-17)12-7-9-13(16)10-8-12/h7-10,14-15H,2-6,11,17H2,1H3. The van der Waals surface area contributed by atoms with E-state index in [4.69, 9.17) is 5.73 Å². The van der Waals surface area contributed by atoms with Gasteiger partial charge in [0, 0.05) is 23.1 Å². The second-order valence-electron chi connectivity index (χ2n) is 5.07. The molecule has 1 unspecified atom stereocenters. The molecule has 100 valence electrons. The van der Waals surface area contributed by atoms with Crippen LogP contribution in [-0.2, 0) is 0 Å². The number of nitrogens with two attached hydrogens (primary N) is 1. The fraction of sp³-hybridized carbons (Fsp3) is 0.600. The Hall–Kier alpha value is -0.380. The van der Waals surface area contributed by atoms with Gasteiger partial charge in [0.1, 0.15) is 0 Å². The van der Waals surface area contributed by atoms with E-state index in [9.17, 15) is 0 Å². The quantitative estimate of drug-likeness (QED) is 0.898. The molecule has 0 bridgehead atoms. The van der Waals surface area contributed by atoms with Crippen molar-refractivity contribution in [3.8, 4) is 0 Å². The van der Waals surface area contributed by atoms with Gasteiger partial charge in [-0.3, -0.25) is 4.90 Å². The third-order valence-electron chi connectivity index (χ3n) is 4.04. The lowest BCUT2D eigenvalue weighted by atomic mass is 10.0. The van der Waals surface area contributed by atoms with E-state index in [1.807, 2.05) is 0 Å². The van der Waals surface area contributed by atoms with Crippen LogP contribution < -0.4 is 5.73 Å². The van der Waals surface area contributed by atoms with E-state index in [0.717, 1.165) is 17.1 Å². The Balaban J connectivity index is 2.17. The van der Waals surface area contributed by atoms with Crippen LogP contribution in [0.25, 0.3) is 0 Å². The number of hydrogen-bond acceptors (Lipinski definition) is 2. The van der Waals surface area contributed by atoms with Crippen molar-refractivity contribution in [2.24, 2.45) is 5.73 Å². The summed E-state index contributed by atoms with van der Waals surface area (Å²) in [5.74, 6) is 0. The zero-order valence-electron chi connectivity index (χ0n) is 11.1. The highest BCUT2D eigenvalue weighted by Crippen LogP contribution is 2.30. The molecule has 0 heterocycles. The van der Waals surface area contributed by atoms with Crippen LogP contribution in [0.4, 0.5) is 0 Å². The summed E-state index contributed by atoms with van der Waals surface area (Å²) < 4.78 is 1.13. The maximum absolute atomic E-state index is 6.03. The van der Waals surface area contributed by atoms with E-state index >= 15 is 0 Å². The third kappa shape index (κ3) is 3.14. The van der Waals surface area contributed by atoms with Gasteiger partial charge in [-0.15, -0.1) is 0 Å². The topological polar surface area (TPSA) is 29.3 Å². The van der Waals surface area contributed by atoms with Gasteiger partial charge in [-0.2, -0.15) is 0 Å². The van der Waals surface area contributed by atoms with Crippen LogP contribution in [0, 0.1) is 0 Å². The SMILES string of the molecule is CCN(C1CCCC1)C(CN)c1ccc(Br)cc1. The number of halogens is 1. The van der Waals surface area contributed by atoms with Gasteiger partial charge in [0.05, 0.1) is 0 Å². The van der Waals surface area contributed by atoms with Crippen molar-refractivity contribution < 1.29 is 0 Å². The van der Waals surface area contributed by atoms with E-state index in [-0.39, 0.29) is 0 Å². The summed E-state index contributed by atoms with van der Waals surface area (Å²) >= 11 is 3.49. The highest BCUT2D eigenvalue weighted by Gasteiger charge is 2.27. The van der Waals surface area contributed by atoms with E-state index in [0.29, 0.717) is 12.6 Å². The molecule has 2 rings (SSSR count). The van der Waals surface area contributed by atoms with Crippen LogP contribution in [-0.4, -0.2) is 24.0 Å². The molecule has 0 saturated heterocycles. The van der Waals surface area contributed by atoms with Gasteiger partial charge in [0.2, 0.25) is 0 Å². The van der Waals surface area contributed by atoms with E-state index in [1.54, 1.807) is 0 Å². The van der Waals surface area contributed by atoms with Gasteiger partial charge >= 0.3 is 0 Å². The number of nitrogens with zero attached hydrogens (tertiary/aromatic N) is 1. The Kier molecular flexibility index (Phi) is 5.22. The van der Waals surface area contributed by atoms with E-state index in [1.165, 1.54) is 31.2 Å². The van der Waals surface area contributed by atoms with Gasteiger partial charge in [-0.25, -0.2) is 0 Å². The first-order valence-corrected chi connectivity index (χ1v) is 7.76. The summed E-state index contributed by atoms with van der Waals surface area (Å²) in [5, 5.41) is 0. The van der Waals surface area contributed by atoms with E-state index in [2.05, 4.69) is 52.0 Å². The van der Waals surface area contributed by atoms with Gasteiger partial charge in [0.15, 0.2) is 0 Å². The smallest absolute Gasteiger partial charge is 0.0473 e. The van der Waals surface area contributed by atoms with Crippen molar-refractivity contribution in [2.75, 3.05) is 13.1 Å². The lowest BCUT2D eigenvalue weighted by Crippen LogP contribution is -2.40. The number of benzene rings is 1. The van der Waals surface area contributed by atoms with Crippen LogP contribution in [0.15, 0.2) is 28.7 Å². The first kappa shape index (κ1) is 14.0. The molecule has 3 heteroatoms. The van der Waals surface area contributed by atoms with Crippen LogP contribution in [0.5, 0.6) is 0 Å². The van der Waals surface area contributed by atoms with Crippen LogP contribution in [0.3, 0.4) is 0 Å². The molecule has 0 radical (unpaired) electrons. The Morgan fingerprint density at radius 1 is 1.28 bits per heavy atom. The Bertz CT molecular complexity index is 357. The highest BCUT2D eigenvalue weighted by atomic mass is 79.9. The van der Waals surface area contributed by atoms with Crippen LogP contribution in [0.1, 0.15) is 44.2 Å². The second kappa shape index (κ2) is 6.69. The van der Waals surface area contributed by atoms with Gasteiger partial charge in [-0.1, -0.05) is 47.8 Å². The molecule has 0 amide bonds. The largest absolute Gasteiger partial charge is 0.329 e. The molecule has 1 aliphatic carbocycles. The molecule has 0 aromatic heterocycles. The first-order valence-electron chi connectivity index (χ1n) is 6.97. The molecule has 0 spiro atoms. The molecule has 1 aromatic rings. The molecule has 1 fully saturated rings. The number of hydrogen-bond donors (Lipinski definition) is 1. The van der Waals surface area contributed by atoms with Gasteiger partial charge < -0.3 is 5.73 Å². The molecule has 2 nitrogen and oxygen atoms in total. The van der Waals surface area contributed by atoms with Crippen molar-refractivity contribution in [1.29, 1.82) is 0 Å². The zero-order valence-corrected chi connectivity index (χ0v) is 12.7. The molecule has 0 aliphatic heterocycles. The minimum Gasteiger partial charge on any atom is -0.329 e. The lowest BCUT2D eigenvalue weighted by Gasteiger charge is -2.35. The minimum atomic E-state index is 0.367. The number of rotatable bonds is 5. The Labute approximate surface area is 119 Å². The van der Waals surface area contributed by atoms with Crippen molar-refractivity contribution >= 4 is 15.9 Å². The van der Waals surface area contributed by atoms with Gasteiger partial charge in [-0.05, 0) is 37.1 Å². The third-order valence-corrected chi connectivity index (χ3v) is 4.57. The fourth-order valence-corrected chi connectivity index (χ4v) is 3.38. The minimum absolute atomic E-state index is 0.367. The summed E-state index contributed by atoms with van der Waals surface area (Å²) in [5.41, 5.74) is 7.38. The maximum atomic E-state index is 6.03.